The molecule has 3 rings (SSSR count). The van der Waals surface area contributed by atoms with E-state index < -0.39 is 13.0 Å². The SMILES string of the molecule is Cc1cc(-c2nc(-c3ccon3)n(CC(F)F)n2)ccc1Br. The average Bonchev–Trinajstić information content (AvgIpc) is 3.10. The molecule has 114 valence electrons. The second kappa shape index (κ2) is 5.96. The zero-order chi connectivity index (χ0) is 15.7. The molecule has 0 bridgehead atoms. The average molecular weight is 369 g/mol. The molecular weight excluding hydrogens is 358 g/mol. The van der Waals surface area contributed by atoms with Gasteiger partial charge in [0.15, 0.2) is 17.3 Å². The first-order chi connectivity index (χ1) is 10.5. The number of hydrogen-bond donors (Lipinski definition) is 0. The molecule has 0 N–H and O–H groups in total. The fraction of sp³-hybridized carbons (Fsp3) is 0.214. The van der Waals surface area contributed by atoms with Crippen molar-refractivity contribution in [1.82, 2.24) is 19.9 Å². The number of rotatable bonds is 4. The predicted octanol–water partition coefficient (Wildman–Crippen LogP) is 3.94. The van der Waals surface area contributed by atoms with E-state index in [1.807, 2.05) is 25.1 Å². The maximum atomic E-state index is 12.7. The first kappa shape index (κ1) is 14.8. The van der Waals surface area contributed by atoms with Gasteiger partial charge in [0.2, 0.25) is 0 Å². The fourth-order valence-corrected chi connectivity index (χ4v) is 2.27. The second-order valence-corrected chi connectivity index (χ2v) is 5.54. The quantitative estimate of drug-likeness (QED) is 0.699. The van der Waals surface area contributed by atoms with Crippen LogP contribution in [0.1, 0.15) is 5.56 Å². The van der Waals surface area contributed by atoms with Crippen LogP contribution >= 0.6 is 15.9 Å². The monoisotopic (exact) mass is 368 g/mol. The van der Waals surface area contributed by atoms with Crippen molar-refractivity contribution in [2.45, 2.75) is 19.9 Å². The molecule has 0 saturated heterocycles. The minimum Gasteiger partial charge on any atom is -0.364 e. The van der Waals surface area contributed by atoms with Gasteiger partial charge < -0.3 is 4.52 Å². The van der Waals surface area contributed by atoms with Crippen LogP contribution in [0.2, 0.25) is 0 Å². The normalized spacial score (nSPS) is 11.3. The molecule has 22 heavy (non-hydrogen) atoms. The summed E-state index contributed by atoms with van der Waals surface area (Å²) in [4.78, 5) is 4.33. The molecule has 0 atom stereocenters. The first-order valence-electron chi connectivity index (χ1n) is 6.45. The molecule has 0 spiro atoms. The molecule has 0 unspecified atom stereocenters. The van der Waals surface area contributed by atoms with Gasteiger partial charge >= 0.3 is 0 Å². The highest BCUT2D eigenvalue weighted by molar-refractivity contribution is 9.10. The number of alkyl halides is 2. The van der Waals surface area contributed by atoms with Gasteiger partial charge in [0, 0.05) is 16.1 Å². The second-order valence-electron chi connectivity index (χ2n) is 4.68. The molecule has 0 saturated carbocycles. The largest absolute Gasteiger partial charge is 0.364 e. The van der Waals surface area contributed by atoms with Gasteiger partial charge in [0.25, 0.3) is 6.43 Å². The molecule has 0 radical (unpaired) electrons. The lowest BCUT2D eigenvalue weighted by atomic mass is 10.1. The highest BCUT2D eigenvalue weighted by Gasteiger charge is 2.18. The summed E-state index contributed by atoms with van der Waals surface area (Å²) >= 11 is 3.42. The van der Waals surface area contributed by atoms with Crippen molar-refractivity contribution in [3.05, 3.63) is 40.6 Å². The van der Waals surface area contributed by atoms with Crippen LogP contribution in [-0.2, 0) is 6.54 Å². The summed E-state index contributed by atoms with van der Waals surface area (Å²) in [5.41, 5.74) is 2.12. The van der Waals surface area contributed by atoms with Crippen molar-refractivity contribution in [2.75, 3.05) is 0 Å². The van der Waals surface area contributed by atoms with Crippen LogP contribution < -0.4 is 0 Å². The van der Waals surface area contributed by atoms with E-state index in [1.165, 1.54) is 6.26 Å². The van der Waals surface area contributed by atoms with Crippen molar-refractivity contribution in [2.24, 2.45) is 0 Å². The van der Waals surface area contributed by atoms with Crippen molar-refractivity contribution < 1.29 is 13.3 Å². The molecule has 0 amide bonds. The zero-order valence-electron chi connectivity index (χ0n) is 11.5. The lowest BCUT2D eigenvalue weighted by molar-refractivity contribution is 0.122. The smallest absolute Gasteiger partial charge is 0.258 e. The van der Waals surface area contributed by atoms with E-state index in [9.17, 15) is 8.78 Å². The molecule has 2 heterocycles. The number of benzene rings is 1. The van der Waals surface area contributed by atoms with Crippen LogP contribution in [0, 0.1) is 6.92 Å². The Morgan fingerprint density at radius 2 is 2.14 bits per heavy atom. The minimum atomic E-state index is -2.54. The maximum Gasteiger partial charge on any atom is 0.258 e. The Morgan fingerprint density at radius 1 is 1.32 bits per heavy atom. The van der Waals surface area contributed by atoms with Crippen LogP contribution in [0.4, 0.5) is 8.78 Å². The Morgan fingerprint density at radius 3 is 2.77 bits per heavy atom. The summed E-state index contributed by atoms with van der Waals surface area (Å²) in [5, 5.41) is 7.92. The number of nitrogens with zero attached hydrogens (tertiary/aromatic N) is 4. The summed E-state index contributed by atoms with van der Waals surface area (Å²) in [6.07, 6.45) is -1.17. The van der Waals surface area contributed by atoms with Gasteiger partial charge in [-0.25, -0.2) is 18.4 Å². The molecule has 8 heteroatoms. The number of halogens is 3. The standard InChI is InChI=1S/C14H11BrF2N4O/c1-8-6-9(2-3-10(8)15)13-18-14(11-4-5-22-20-11)21(19-13)7-12(16)17/h2-6,12H,7H2,1H3. The third-order valence-corrected chi connectivity index (χ3v) is 3.96. The Hall–Kier alpha value is -2.09. The van der Waals surface area contributed by atoms with Crippen LogP contribution in [0.15, 0.2) is 39.5 Å². The van der Waals surface area contributed by atoms with Crippen LogP contribution in [-0.4, -0.2) is 26.3 Å². The van der Waals surface area contributed by atoms with Crippen molar-refractivity contribution in [3.63, 3.8) is 0 Å². The molecule has 0 aliphatic rings. The van der Waals surface area contributed by atoms with Gasteiger partial charge in [-0.05, 0) is 30.7 Å². The summed E-state index contributed by atoms with van der Waals surface area (Å²) in [7, 11) is 0. The van der Waals surface area contributed by atoms with Crippen molar-refractivity contribution in [3.8, 4) is 22.9 Å². The highest BCUT2D eigenvalue weighted by Crippen LogP contribution is 2.25. The summed E-state index contributed by atoms with van der Waals surface area (Å²) < 4.78 is 32.3. The topological polar surface area (TPSA) is 56.7 Å². The molecule has 5 nitrogen and oxygen atoms in total. The lowest BCUT2D eigenvalue weighted by Gasteiger charge is -2.02. The molecule has 0 fully saturated rings. The van der Waals surface area contributed by atoms with E-state index in [-0.39, 0.29) is 5.82 Å². The summed E-state index contributed by atoms with van der Waals surface area (Å²) in [6.45, 7) is 1.38. The van der Waals surface area contributed by atoms with Crippen LogP contribution in [0.5, 0.6) is 0 Å². The van der Waals surface area contributed by atoms with Gasteiger partial charge in [-0.3, -0.25) is 0 Å². The van der Waals surface area contributed by atoms with E-state index in [1.54, 1.807) is 6.07 Å². The zero-order valence-corrected chi connectivity index (χ0v) is 13.1. The number of aryl methyl sites for hydroxylation is 1. The summed E-state index contributed by atoms with van der Waals surface area (Å²) in [6, 6.07) is 7.14. The first-order valence-corrected chi connectivity index (χ1v) is 7.24. The van der Waals surface area contributed by atoms with Crippen molar-refractivity contribution in [1.29, 1.82) is 0 Å². The van der Waals surface area contributed by atoms with Gasteiger partial charge in [0.1, 0.15) is 12.8 Å². The van der Waals surface area contributed by atoms with E-state index >= 15 is 0 Å². The predicted molar refractivity (Wildman–Crippen MR) is 79.4 cm³/mol. The van der Waals surface area contributed by atoms with Crippen LogP contribution in [0.3, 0.4) is 0 Å². The Kier molecular flexibility index (Phi) is 4.02. The van der Waals surface area contributed by atoms with E-state index in [4.69, 9.17) is 4.52 Å². The molecular formula is C14H11BrF2N4O. The lowest BCUT2D eigenvalue weighted by Crippen LogP contribution is -2.09. The molecule has 3 aromatic rings. The molecule has 2 aromatic heterocycles. The third kappa shape index (κ3) is 2.92. The molecule has 1 aromatic carbocycles. The third-order valence-electron chi connectivity index (χ3n) is 3.07. The molecule has 0 aliphatic heterocycles. The Balaban J connectivity index is 2.07. The molecule has 0 aliphatic carbocycles. The van der Waals surface area contributed by atoms with Gasteiger partial charge in [-0.1, -0.05) is 21.1 Å². The number of aromatic nitrogens is 4. The Bertz CT molecular complexity index is 786. The van der Waals surface area contributed by atoms with E-state index in [0.717, 1.165) is 20.3 Å². The van der Waals surface area contributed by atoms with Gasteiger partial charge in [-0.2, -0.15) is 5.10 Å². The van der Waals surface area contributed by atoms with Crippen molar-refractivity contribution >= 4 is 15.9 Å². The highest BCUT2D eigenvalue weighted by atomic mass is 79.9. The Labute approximate surface area is 133 Å². The van der Waals surface area contributed by atoms with Gasteiger partial charge in [0.05, 0.1) is 0 Å². The summed E-state index contributed by atoms with van der Waals surface area (Å²) in [5.74, 6) is 0.624. The maximum absolute atomic E-state index is 12.7. The fourth-order valence-electron chi connectivity index (χ4n) is 2.02. The number of hydrogen-bond acceptors (Lipinski definition) is 4. The van der Waals surface area contributed by atoms with Gasteiger partial charge in [-0.15, -0.1) is 0 Å². The van der Waals surface area contributed by atoms with E-state index in [0.29, 0.717) is 11.5 Å². The van der Waals surface area contributed by atoms with Crippen LogP contribution in [0.25, 0.3) is 22.9 Å². The minimum absolute atomic E-state index is 0.254. The van der Waals surface area contributed by atoms with E-state index in [2.05, 4.69) is 31.2 Å².